The highest BCUT2D eigenvalue weighted by atomic mass is 79.9. The summed E-state index contributed by atoms with van der Waals surface area (Å²) in [5.41, 5.74) is 2.60. The summed E-state index contributed by atoms with van der Waals surface area (Å²) in [5.74, 6) is -1.62. The first kappa shape index (κ1) is 23.8. The Labute approximate surface area is 215 Å². The van der Waals surface area contributed by atoms with Crippen molar-refractivity contribution >= 4 is 44.3 Å². The van der Waals surface area contributed by atoms with Gasteiger partial charge in [-0.1, -0.05) is 40.2 Å². The summed E-state index contributed by atoms with van der Waals surface area (Å²) in [7, 11) is 1.59. The first-order valence-electron chi connectivity index (χ1n) is 11.3. The van der Waals surface area contributed by atoms with Crippen LogP contribution in [0, 0.1) is 5.82 Å². The fourth-order valence-corrected chi connectivity index (χ4v) is 4.89. The number of hydrogen-bond donors (Lipinski definition) is 2. The van der Waals surface area contributed by atoms with Gasteiger partial charge in [-0.3, -0.25) is 9.59 Å². The number of nitrogens with zero attached hydrogens (tertiary/aromatic N) is 1. The Morgan fingerprint density at radius 2 is 1.89 bits per heavy atom. The number of methoxy groups -OCH3 is 1. The van der Waals surface area contributed by atoms with E-state index in [9.17, 15) is 19.1 Å². The molecule has 2 N–H and O–H groups in total. The molecule has 4 aromatic rings. The summed E-state index contributed by atoms with van der Waals surface area (Å²) in [6, 6.07) is 17.3. The second kappa shape index (κ2) is 9.62. The number of benzene rings is 3. The summed E-state index contributed by atoms with van der Waals surface area (Å²) in [4.78, 5) is 31.0. The zero-order chi connectivity index (χ0) is 25.4. The van der Waals surface area contributed by atoms with Crippen LogP contribution in [0.2, 0.25) is 0 Å². The number of H-pyrrole nitrogens is 1. The van der Waals surface area contributed by atoms with E-state index in [0.29, 0.717) is 23.3 Å². The number of aliphatic hydroxyl groups is 1. The third kappa shape index (κ3) is 4.28. The van der Waals surface area contributed by atoms with E-state index in [2.05, 4.69) is 20.9 Å². The average molecular weight is 549 g/mol. The third-order valence-electron chi connectivity index (χ3n) is 6.42. The van der Waals surface area contributed by atoms with Crippen LogP contribution in [0.5, 0.6) is 5.75 Å². The van der Waals surface area contributed by atoms with E-state index in [1.807, 2.05) is 24.4 Å². The summed E-state index contributed by atoms with van der Waals surface area (Å²) < 4.78 is 20.3. The SMILES string of the molecule is COc1ccc2[nH]cc(CCN3C(=O)C(=O)C(=C(O)c4ccc(Br)cc4)[C@H]3c3cccc(F)c3)c2c1. The van der Waals surface area contributed by atoms with E-state index < -0.39 is 23.5 Å². The maximum Gasteiger partial charge on any atom is 0.295 e. The van der Waals surface area contributed by atoms with Gasteiger partial charge >= 0.3 is 0 Å². The van der Waals surface area contributed by atoms with Gasteiger partial charge in [0.05, 0.1) is 18.7 Å². The molecule has 0 spiro atoms. The maximum absolute atomic E-state index is 14.2. The topological polar surface area (TPSA) is 82.6 Å². The van der Waals surface area contributed by atoms with Crippen LogP contribution in [-0.2, 0) is 16.0 Å². The lowest BCUT2D eigenvalue weighted by atomic mass is 9.95. The lowest BCUT2D eigenvalue weighted by Crippen LogP contribution is -2.31. The normalized spacial score (nSPS) is 17.2. The van der Waals surface area contributed by atoms with Crippen molar-refractivity contribution < 1.29 is 23.8 Å². The third-order valence-corrected chi connectivity index (χ3v) is 6.95. The summed E-state index contributed by atoms with van der Waals surface area (Å²) in [5, 5.41) is 12.1. The molecule has 0 radical (unpaired) electrons. The number of ketones is 1. The van der Waals surface area contributed by atoms with Gasteiger partial charge in [0.15, 0.2) is 0 Å². The van der Waals surface area contributed by atoms with Crippen LogP contribution >= 0.6 is 15.9 Å². The van der Waals surface area contributed by atoms with Crippen LogP contribution in [0.25, 0.3) is 16.7 Å². The monoisotopic (exact) mass is 548 g/mol. The Hall–Kier alpha value is -3.91. The van der Waals surface area contributed by atoms with Crippen molar-refractivity contribution in [3.8, 4) is 5.75 Å². The first-order valence-corrected chi connectivity index (χ1v) is 12.1. The maximum atomic E-state index is 14.2. The molecule has 1 aromatic heterocycles. The number of carbonyl (C=O) groups excluding carboxylic acids is 2. The highest BCUT2D eigenvalue weighted by Crippen LogP contribution is 2.40. The molecule has 1 aliphatic rings. The highest BCUT2D eigenvalue weighted by Gasteiger charge is 2.46. The van der Waals surface area contributed by atoms with Crippen molar-refractivity contribution in [1.29, 1.82) is 0 Å². The van der Waals surface area contributed by atoms with E-state index in [0.717, 1.165) is 20.9 Å². The van der Waals surface area contributed by atoms with Gasteiger partial charge in [-0.05, 0) is 60.0 Å². The number of Topliss-reactive ketones (excluding diaryl/α,β-unsaturated/α-hetero) is 1. The first-order chi connectivity index (χ1) is 17.4. The van der Waals surface area contributed by atoms with Gasteiger partial charge in [-0.15, -0.1) is 0 Å². The summed E-state index contributed by atoms with van der Waals surface area (Å²) in [6.45, 7) is 0.188. The molecule has 3 aromatic carbocycles. The van der Waals surface area contributed by atoms with Gasteiger partial charge in [0.2, 0.25) is 0 Å². The average Bonchev–Trinajstić information content (AvgIpc) is 3.40. The molecule has 8 heteroatoms. The summed E-state index contributed by atoms with van der Waals surface area (Å²) >= 11 is 3.35. The largest absolute Gasteiger partial charge is 0.507 e. The number of carbonyl (C=O) groups is 2. The highest BCUT2D eigenvalue weighted by molar-refractivity contribution is 9.10. The quantitative estimate of drug-likeness (QED) is 0.183. The molecule has 36 heavy (non-hydrogen) atoms. The van der Waals surface area contributed by atoms with E-state index in [1.165, 1.54) is 23.1 Å². The van der Waals surface area contributed by atoms with Crippen LogP contribution in [0.3, 0.4) is 0 Å². The number of aromatic amines is 1. The lowest BCUT2D eigenvalue weighted by molar-refractivity contribution is -0.139. The van der Waals surface area contributed by atoms with Crippen molar-refractivity contribution in [3.63, 3.8) is 0 Å². The van der Waals surface area contributed by atoms with Gasteiger partial charge in [-0.2, -0.15) is 0 Å². The number of amides is 1. The predicted molar refractivity (Wildman–Crippen MR) is 138 cm³/mol. The van der Waals surface area contributed by atoms with E-state index in [1.54, 1.807) is 37.4 Å². The van der Waals surface area contributed by atoms with Crippen LogP contribution in [-0.4, -0.2) is 40.3 Å². The Kier molecular flexibility index (Phi) is 6.36. The van der Waals surface area contributed by atoms with Gasteiger partial charge in [0, 0.05) is 33.7 Å². The zero-order valence-corrected chi connectivity index (χ0v) is 20.9. The Morgan fingerprint density at radius 3 is 2.61 bits per heavy atom. The molecular weight excluding hydrogens is 527 g/mol. The molecule has 1 fully saturated rings. The van der Waals surface area contributed by atoms with Gasteiger partial charge in [0.25, 0.3) is 11.7 Å². The fourth-order valence-electron chi connectivity index (χ4n) is 4.63. The minimum Gasteiger partial charge on any atom is -0.507 e. The number of nitrogens with one attached hydrogen (secondary N) is 1. The number of rotatable bonds is 6. The van der Waals surface area contributed by atoms with Crippen molar-refractivity contribution in [2.45, 2.75) is 12.5 Å². The molecule has 0 saturated carbocycles. The molecule has 0 bridgehead atoms. The molecule has 2 heterocycles. The Bertz CT molecular complexity index is 1510. The van der Waals surface area contributed by atoms with Crippen molar-refractivity contribution in [2.75, 3.05) is 13.7 Å². The van der Waals surface area contributed by atoms with Crippen LogP contribution in [0.4, 0.5) is 4.39 Å². The molecule has 5 rings (SSSR count). The number of halogens is 2. The number of ether oxygens (including phenoxy) is 1. The molecule has 1 amide bonds. The van der Waals surface area contributed by atoms with E-state index >= 15 is 0 Å². The van der Waals surface area contributed by atoms with Crippen molar-refractivity contribution in [3.05, 3.63) is 105 Å². The molecule has 1 saturated heterocycles. The molecular formula is C28H22BrFN2O4. The van der Waals surface area contributed by atoms with Crippen LogP contribution < -0.4 is 4.74 Å². The Morgan fingerprint density at radius 1 is 1.11 bits per heavy atom. The fraction of sp³-hybridized carbons (Fsp3) is 0.143. The van der Waals surface area contributed by atoms with Crippen molar-refractivity contribution in [2.24, 2.45) is 0 Å². The molecule has 0 aliphatic carbocycles. The zero-order valence-electron chi connectivity index (χ0n) is 19.3. The molecule has 1 aliphatic heterocycles. The standard InChI is InChI=1S/C28H22BrFN2O4/c1-36-21-9-10-23-22(14-21)18(15-31-23)11-12-32-25(17-3-2-4-20(30)13-17)24(27(34)28(32)35)26(33)16-5-7-19(29)8-6-16/h2-10,13-15,25,31,33H,11-12H2,1H3/t25-/m1/s1. The lowest BCUT2D eigenvalue weighted by Gasteiger charge is -2.25. The predicted octanol–water partition coefficient (Wildman–Crippen LogP) is 5.74. The molecule has 0 unspecified atom stereocenters. The minimum absolute atomic E-state index is 0.0616. The van der Waals surface area contributed by atoms with Crippen LogP contribution in [0.15, 0.2) is 83.0 Å². The van der Waals surface area contributed by atoms with Gasteiger partial charge in [0.1, 0.15) is 17.3 Å². The number of fused-ring (bicyclic) bond motifs is 1. The second-order valence-electron chi connectivity index (χ2n) is 8.53. The number of likely N-dealkylation sites (tertiary alicyclic amines) is 1. The van der Waals surface area contributed by atoms with Gasteiger partial charge < -0.3 is 19.7 Å². The number of aromatic nitrogens is 1. The molecule has 1 atom stereocenters. The summed E-state index contributed by atoms with van der Waals surface area (Å²) in [6.07, 6.45) is 2.30. The molecule has 6 nitrogen and oxygen atoms in total. The van der Waals surface area contributed by atoms with Crippen molar-refractivity contribution in [1.82, 2.24) is 9.88 Å². The smallest absolute Gasteiger partial charge is 0.295 e. The number of aliphatic hydroxyl groups excluding tert-OH is 1. The molecule has 182 valence electrons. The Balaban J connectivity index is 1.56. The number of hydrogen-bond acceptors (Lipinski definition) is 4. The van der Waals surface area contributed by atoms with E-state index in [4.69, 9.17) is 4.74 Å². The van der Waals surface area contributed by atoms with Crippen LogP contribution in [0.1, 0.15) is 22.7 Å². The van der Waals surface area contributed by atoms with Gasteiger partial charge in [-0.25, -0.2) is 4.39 Å². The second-order valence-corrected chi connectivity index (χ2v) is 9.45. The minimum atomic E-state index is -0.927. The van der Waals surface area contributed by atoms with E-state index in [-0.39, 0.29) is 17.9 Å².